The topological polar surface area (TPSA) is 12.9 Å². The smallest absolute Gasteiger partial charge is 0.0711 e. The van der Waals surface area contributed by atoms with Crippen LogP contribution in [0.4, 0.5) is 0 Å². The Hall–Kier alpha value is -2.41. The van der Waals surface area contributed by atoms with E-state index in [1.807, 2.05) is 25.1 Å². The molecule has 0 atom stereocenters. The van der Waals surface area contributed by atoms with E-state index in [2.05, 4.69) is 60.4 Å². The Bertz CT molecular complexity index is 730. The number of pyridine rings is 1. The summed E-state index contributed by atoms with van der Waals surface area (Å²) in [4.78, 5) is 4.66. The molecule has 20 heavy (non-hydrogen) atoms. The summed E-state index contributed by atoms with van der Waals surface area (Å²) in [6, 6.07) is 23.1. The van der Waals surface area contributed by atoms with Gasteiger partial charge in [0.25, 0.3) is 0 Å². The first-order valence-electron chi connectivity index (χ1n) is 6.84. The molecule has 0 saturated heterocycles. The first kappa shape index (κ1) is 12.6. The van der Waals surface area contributed by atoms with Crippen molar-refractivity contribution in [2.75, 3.05) is 0 Å². The molecule has 3 aromatic rings. The van der Waals surface area contributed by atoms with Gasteiger partial charge in [0.1, 0.15) is 0 Å². The summed E-state index contributed by atoms with van der Waals surface area (Å²) in [5.41, 5.74) is 7.03. The zero-order valence-electron chi connectivity index (χ0n) is 11.8. The van der Waals surface area contributed by atoms with Crippen molar-refractivity contribution in [2.45, 2.75) is 13.8 Å². The van der Waals surface area contributed by atoms with Crippen molar-refractivity contribution in [2.24, 2.45) is 0 Å². The number of rotatable bonds is 2. The second kappa shape index (κ2) is 5.30. The lowest BCUT2D eigenvalue weighted by atomic mass is 9.99. The van der Waals surface area contributed by atoms with Gasteiger partial charge in [-0.15, -0.1) is 0 Å². The van der Waals surface area contributed by atoms with E-state index >= 15 is 0 Å². The van der Waals surface area contributed by atoms with E-state index in [4.69, 9.17) is 0 Å². The third-order valence-electron chi connectivity index (χ3n) is 3.48. The molecule has 1 nitrogen and oxygen atoms in total. The van der Waals surface area contributed by atoms with Crippen LogP contribution >= 0.6 is 0 Å². The maximum atomic E-state index is 4.66. The normalized spacial score (nSPS) is 10.5. The van der Waals surface area contributed by atoms with Crippen molar-refractivity contribution in [3.63, 3.8) is 0 Å². The molecule has 0 bridgehead atoms. The number of aryl methyl sites for hydroxylation is 2. The lowest BCUT2D eigenvalue weighted by molar-refractivity contribution is 1.20. The van der Waals surface area contributed by atoms with Crippen LogP contribution in [0.1, 0.15) is 11.3 Å². The van der Waals surface area contributed by atoms with Gasteiger partial charge in [-0.25, -0.2) is 0 Å². The van der Waals surface area contributed by atoms with Crippen LogP contribution in [-0.4, -0.2) is 4.98 Å². The van der Waals surface area contributed by atoms with Gasteiger partial charge in [0.2, 0.25) is 0 Å². The second-order valence-corrected chi connectivity index (χ2v) is 5.06. The standard InChI is InChI=1S/C19H17N/c1-14-8-6-7-11-18(14)17-12-15(2)20-19(13-17)16-9-4-3-5-10-16/h3-13H,1-2H3. The summed E-state index contributed by atoms with van der Waals surface area (Å²) in [6.45, 7) is 4.20. The van der Waals surface area contributed by atoms with Crippen molar-refractivity contribution >= 4 is 0 Å². The fourth-order valence-electron chi connectivity index (χ4n) is 2.48. The first-order chi connectivity index (χ1) is 9.74. The molecule has 0 spiro atoms. The van der Waals surface area contributed by atoms with Crippen LogP contribution in [0.25, 0.3) is 22.4 Å². The largest absolute Gasteiger partial charge is 0.253 e. The maximum absolute atomic E-state index is 4.66. The Morgan fingerprint density at radius 1 is 0.700 bits per heavy atom. The van der Waals surface area contributed by atoms with E-state index in [-0.39, 0.29) is 0 Å². The lowest BCUT2D eigenvalue weighted by Crippen LogP contribution is -1.90. The molecule has 0 saturated carbocycles. The van der Waals surface area contributed by atoms with Crippen LogP contribution in [0.2, 0.25) is 0 Å². The molecule has 0 aliphatic carbocycles. The molecule has 1 aromatic heterocycles. The van der Waals surface area contributed by atoms with Crippen molar-refractivity contribution in [1.82, 2.24) is 4.98 Å². The Morgan fingerprint density at radius 3 is 2.15 bits per heavy atom. The number of nitrogens with zero attached hydrogens (tertiary/aromatic N) is 1. The predicted molar refractivity (Wildman–Crippen MR) is 84.6 cm³/mol. The van der Waals surface area contributed by atoms with E-state index < -0.39 is 0 Å². The summed E-state index contributed by atoms with van der Waals surface area (Å²) in [5, 5.41) is 0. The number of aromatic nitrogens is 1. The molecule has 3 rings (SSSR count). The molecule has 2 aromatic carbocycles. The molecule has 0 aliphatic heterocycles. The zero-order chi connectivity index (χ0) is 13.9. The second-order valence-electron chi connectivity index (χ2n) is 5.06. The average Bonchev–Trinajstić information content (AvgIpc) is 2.48. The van der Waals surface area contributed by atoms with Gasteiger partial charge < -0.3 is 0 Å². The van der Waals surface area contributed by atoms with Gasteiger partial charge in [-0.1, -0.05) is 54.6 Å². The van der Waals surface area contributed by atoms with E-state index in [0.717, 1.165) is 17.0 Å². The maximum Gasteiger partial charge on any atom is 0.0711 e. The van der Waals surface area contributed by atoms with Crippen molar-refractivity contribution in [1.29, 1.82) is 0 Å². The number of benzene rings is 2. The highest BCUT2D eigenvalue weighted by Crippen LogP contribution is 2.27. The van der Waals surface area contributed by atoms with Gasteiger partial charge in [0.05, 0.1) is 5.69 Å². The van der Waals surface area contributed by atoms with Gasteiger partial charge in [-0.05, 0) is 42.7 Å². The van der Waals surface area contributed by atoms with Crippen molar-refractivity contribution < 1.29 is 0 Å². The van der Waals surface area contributed by atoms with Crippen LogP contribution in [0.3, 0.4) is 0 Å². The minimum Gasteiger partial charge on any atom is -0.253 e. The van der Waals surface area contributed by atoms with Gasteiger partial charge in [-0.2, -0.15) is 0 Å². The molecule has 0 amide bonds. The molecule has 0 unspecified atom stereocenters. The Balaban J connectivity index is 2.15. The van der Waals surface area contributed by atoms with Crippen LogP contribution in [0.15, 0.2) is 66.7 Å². The molecule has 98 valence electrons. The van der Waals surface area contributed by atoms with Crippen LogP contribution < -0.4 is 0 Å². The summed E-state index contributed by atoms with van der Waals surface area (Å²) in [5.74, 6) is 0. The van der Waals surface area contributed by atoms with Gasteiger partial charge in [0.15, 0.2) is 0 Å². The monoisotopic (exact) mass is 259 g/mol. The molecular weight excluding hydrogens is 242 g/mol. The van der Waals surface area contributed by atoms with Gasteiger partial charge >= 0.3 is 0 Å². The third-order valence-corrected chi connectivity index (χ3v) is 3.48. The molecule has 0 N–H and O–H groups in total. The van der Waals surface area contributed by atoms with E-state index in [9.17, 15) is 0 Å². The Labute approximate surface area is 119 Å². The lowest BCUT2D eigenvalue weighted by Gasteiger charge is -2.09. The van der Waals surface area contributed by atoms with E-state index in [0.29, 0.717) is 0 Å². The van der Waals surface area contributed by atoms with Gasteiger partial charge in [0, 0.05) is 11.3 Å². The van der Waals surface area contributed by atoms with E-state index in [1.54, 1.807) is 0 Å². The molecule has 0 fully saturated rings. The third kappa shape index (κ3) is 2.48. The Morgan fingerprint density at radius 2 is 1.40 bits per heavy atom. The highest BCUT2D eigenvalue weighted by molar-refractivity contribution is 5.73. The van der Waals surface area contributed by atoms with Gasteiger partial charge in [-0.3, -0.25) is 4.98 Å². The van der Waals surface area contributed by atoms with Crippen LogP contribution in [0, 0.1) is 13.8 Å². The highest BCUT2D eigenvalue weighted by Gasteiger charge is 2.06. The van der Waals surface area contributed by atoms with Crippen LogP contribution in [-0.2, 0) is 0 Å². The minimum atomic E-state index is 1.03. The summed E-state index contributed by atoms with van der Waals surface area (Å²) >= 11 is 0. The first-order valence-corrected chi connectivity index (χ1v) is 6.84. The van der Waals surface area contributed by atoms with Crippen molar-refractivity contribution in [3.8, 4) is 22.4 Å². The fourth-order valence-corrected chi connectivity index (χ4v) is 2.48. The highest BCUT2D eigenvalue weighted by atomic mass is 14.7. The zero-order valence-corrected chi connectivity index (χ0v) is 11.8. The number of hydrogen-bond donors (Lipinski definition) is 0. The predicted octanol–water partition coefficient (Wildman–Crippen LogP) is 5.03. The summed E-state index contributed by atoms with van der Waals surface area (Å²) < 4.78 is 0. The van der Waals surface area contributed by atoms with Crippen LogP contribution in [0.5, 0.6) is 0 Å². The minimum absolute atomic E-state index is 1.03. The molecular formula is C19H17N. The van der Waals surface area contributed by atoms with Crippen molar-refractivity contribution in [3.05, 3.63) is 78.0 Å². The average molecular weight is 259 g/mol. The fraction of sp³-hybridized carbons (Fsp3) is 0.105. The quantitative estimate of drug-likeness (QED) is 0.628. The summed E-state index contributed by atoms with van der Waals surface area (Å²) in [6.07, 6.45) is 0. The Kier molecular flexibility index (Phi) is 3.34. The molecule has 1 heteroatoms. The summed E-state index contributed by atoms with van der Waals surface area (Å²) in [7, 11) is 0. The number of hydrogen-bond acceptors (Lipinski definition) is 1. The SMILES string of the molecule is Cc1cc(-c2ccccc2C)cc(-c2ccccc2)n1. The molecule has 1 heterocycles. The molecule has 0 aliphatic rings. The van der Waals surface area contributed by atoms with E-state index in [1.165, 1.54) is 16.7 Å². The molecule has 0 radical (unpaired) electrons.